The minimum atomic E-state index is 0.626. The Morgan fingerprint density at radius 3 is 2.54 bits per heavy atom. The smallest absolute Gasteiger partial charge is 0.0169 e. The Bertz CT molecular complexity index is 145. The van der Waals surface area contributed by atoms with E-state index in [2.05, 4.69) is 38.2 Å². The van der Waals surface area contributed by atoms with E-state index in [0.717, 1.165) is 18.5 Å². The Hall–Kier alpha value is -0.0800. The molecule has 0 spiro atoms. The molecule has 78 valence electrons. The standard InChI is InChI=1S/C11H24N2/c1-9-6-5-7-11(9)12-10(2)8-13(3)4/h9-12H,5-8H2,1-4H3. The molecule has 3 unspecified atom stereocenters. The Labute approximate surface area is 82.7 Å². The molecule has 13 heavy (non-hydrogen) atoms. The lowest BCUT2D eigenvalue weighted by Crippen LogP contribution is -2.43. The quantitative estimate of drug-likeness (QED) is 0.715. The molecule has 1 aliphatic rings. The first-order valence-electron chi connectivity index (χ1n) is 5.50. The highest BCUT2D eigenvalue weighted by Crippen LogP contribution is 2.24. The van der Waals surface area contributed by atoms with Gasteiger partial charge < -0.3 is 10.2 Å². The normalized spacial score (nSPS) is 31.2. The largest absolute Gasteiger partial charge is 0.310 e. The lowest BCUT2D eigenvalue weighted by Gasteiger charge is -2.25. The molecular weight excluding hydrogens is 160 g/mol. The predicted molar refractivity (Wildman–Crippen MR) is 58.0 cm³/mol. The molecule has 0 aromatic heterocycles. The number of nitrogens with zero attached hydrogens (tertiary/aromatic N) is 1. The number of hydrogen-bond acceptors (Lipinski definition) is 2. The monoisotopic (exact) mass is 184 g/mol. The van der Waals surface area contributed by atoms with Gasteiger partial charge in [-0.3, -0.25) is 0 Å². The first-order valence-corrected chi connectivity index (χ1v) is 5.50. The van der Waals surface area contributed by atoms with Crippen molar-refractivity contribution in [3.05, 3.63) is 0 Å². The fourth-order valence-electron chi connectivity index (χ4n) is 2.36. The van der Waals surface area contributed by atoms with Crippen LogP contribution in [0, 0.1) is 5.92 Å². The van der Waals surface area contributed by atoms with Crippen molar-refractivity contribution in [1.29, 1.82) is 0 Å². The molecule has 0 radical (unpaired) electrons. The van der Waals surface area contributed by atoms with E-state index < -0.39 is 0 Å². The summed E-state index contributed by atoms with van der Waals surface area (Å²) in [4.78, 5) is 2.25. The summed E-state index contributed by atoms with van der Waals surface area (Å²) in [6.45, 7) is 5.79. The van der Waals surface area contributed by atoms with Gasteiger partial charge in [0, 0.05) is 18.6 Å². The molecule has 1 aliphatic carbocycles. The zero-order chi connectivity index (χ0) is 9.84. The Morgan fingerprint density at radius 1 is 1.38 bits per heavy atom. The van der Waals surface area contributed by atoms with Crippen LogP contribution in [0.25, 0.3) is 0 Å². The maximum absolute atomic E-state index is 3.72. The lowest BCUT2D eigenvalue weighted by atomic mass is 10.1. The van der Waals surface area contributed by atoms with Gasteiger partial charge in [0.05, 0.1) is 0 Å². The summed E-state index contributed by atoms with van der Waals surface area (Å²) in [5.74, 6) is 0.879. The van der Waals surface area contributed by atoms with Gasteiger partial charge >= 0.3 is 0 Å². The van der Waals surface area contributed by atoms with Gasteiger partial charge in [-0.25, -0.2) is 0 Å². The van der Waals surface area contributed by atoms with Crippen LogP contribution < -0.4 is 5.32 Å². The van der Waals surface area contributed by atoms with Crippen LogP contribution in [0.4, 0.5) is 0 Å². The van der Waals surface area contributed by atoms with Crippen molar-refractivity contribution in [3.8, 4) is 0 Å². The van der Waals surface area contributed by atoms with Crippen molar-refractivity contribution in [2.24, 2.45) is 5.92 Å². The molecule has 0 heterocycles. The Balaban J connectivity index is 2.22. The molecule has 1 N–H and O–H groups in total. The van der Waals surface area contributed by atoms with E-state index in [-0.39, 0.29) is 0 Å². The van der Waals surface area contributed by atoms with Crippen molar-refractivity contribution in [2.75, 3.05) is 20.6 Å². The highest BCUT2D eigenvalue weighted by atomic mass is 15.1. The molecule has 0 aromatic carbocycles. The third-order valence-electron chi connectivity index (χ3n) is 3.00. The SMILES string of the molecule is CC(CN(C)C)NC1CCCC1C. The summed E-state index contributed by atoms with van der Waals surface area (Å²) in [5.41, 5.74) is 0. The van der Waals surface area contributed by atoms with E-state index in [1.54, 1.807) is 0 Å². The maximum atomic E-state index is 3.72. The van der Waals surface area contributed by atoms with Gasteiger partial charge in [0.15, 0.2) is 0 Å². The fourth-order valence-corrected chi connectivity index (χ4v) is 2.36. The van der Waals surface area contributed by atoms with Crippen LogP contribution in [-0.4, -0.2) is 37.6 Å². The maximum Gasteiger partial charge on any atom is 0.0169 e. The molecule has 1 fully saturated rings. The molecule has 1 saturated carbocycles. The molecule has 0 aromatic rings. The van der Waals surface area contributed by atoms with Gasteiger partial charge in [0.2, 0.25) is 0 Å². The van der Waals surface area contributed by atoms with Crippen molar-refractivity contribution in [2.45, 2.75) is 45.2 Å². The second-order valence-corrected chi connectivity index (χ2v) is 4.84. The Kier molecular flexibility index (Phi) is 4.20. The summed E-state index contributed by atoms with van der Waals surface area (Å²) in [6, 6.07) is 1.40. The van der Waals surface area contributed by atoms with E-state index >= 15 is 0 Å². The summed E-state index contributed by atoms with van der Waals surface area (Å²) < 4.78 is 0. The topological polar surface area (TPSA) is 15.3 Å². The first kappa shape index (κ1) is 11.0. The van der Waals surface area contributed by atoms with Crippen LogP contribution in [-0.2, 0) is 0 Å². The fraction of sp³-hybridized carbons (Fsp3) is 1.00. The predicted octanol–water partition coefficient (Wildman–Crippen LogP) is 1.71. The van der Waals surface area contributed by atoms with Crippen molar-refractivity contribution < 1.29 is 0 Å². The van der Waals surface area contributed by atoms with Crippen LogP contribution in [0.5, 0.6) is 0 Å². The molecule has 0 aliphatic heterocycles. The number of hydrogen-bond donors (Lipinski definition) is 1. The summed E-state index contributed by atoms with van der Waals surface area (Å²) in [7, 11) is 4.27. The highest BCUT2D eigenvalue weighted by molar-refractivity contribution is 4.82. The van der Waals surface area contributed by atoms with E-state index in [0.29, 0.717) is 6.04 Å². The molecule has 0 amide bonds. The van der Waals surface area contributed by atoms with Gasteiger partial charge in [-0.1, -0.05) is 13.3 Å². The molecule has 0 bridgehead atoms. The van der Waals surface area contributed by atoms with E-state index in [9.17, 15) is 0 Å². The summed E-state index contributed by atoms with van der Waals surface area (Å²) in [6.07, 6.45) is 4.19. The zero-order valence-electron chi connectivity index (χ0n) is 9.51. The third kappa shape index (κ3) is 3.65. The summed E-state index contributed by atoms with van der Waals surface area (Å²) >= 11 is 0. The lowest BCUT2D eigenvalue weighted by molar-refractivity contribution is 0.308. The van der Waals surface area contributed by atoms with Crippen LogP contribution >= 0.6 is 0 Å². The molecule has 2 heteroatoms. The first-order chi connectivity index (χ1) is 6.09. The Morgan fingerprint density at radius 2 is 2.08 bits per heavy atom. The van der Waals surface area contributed by atoms with Crippen LogP contribution in [0.2, 0.25) is 0 Å². The van der Waals surface area contributed by atoms with E-state index in [4.69, 9.17) is 0 Å². The highest BCUT2D eigenvalue weighted by Gasteiger charge is 2.24. The van der Waals surface area contributed by atoms with Crippen molar-refractivity contribution in [1.82, 2.24) is 10.2 Å². The minimum Gasteiger partial charge on any atom is -0.310 e. The van der Waals surface area contributed by atoms with Gasteiger partial charge in [0.1, 0.15) is 0 Å². The molecule has 0 saturated heterocycles. The zero-order valence-corrected chi connectivity index (χ0v) is 9.51. The van der Waals surface area contributed by atoms with Crippen molar-refractivity contribution >= 4 is 0 Å². The van der Waals surface area contributed by atoms with Gasteiger partial charge in [0.25, 0.3) is 0 Å². The summed E-state index contributed by atoms with van der Waals surface area (Å²) in [5, 5.41) is 3.72. The second-order valence-electron chi connectivity index (χ2n) is 4.84. The van der Waals surface area contributed by atoms with Gasteiger partial charge in [-0.05, 0) is 39.8 Å². The second kappa shape index (κ2) is 4.97. The van der Waals surface area contributed by atoms with E-state index in [1.807, 2.05) is 0 Å². The van der Waals surface area contributed by atoms with Crippen molar-refractivity contribution in [3.63, 3.8) is 0 Å². The van der Waals surface area contributed by atoms with E-state index in [1.165, 1.54) is 19.3 Å². The molecule has 1 rings (SSSR count). The average Bonchev–Trinajstić information content (AvgIpc) is 2.34. The van der Waals surface area contributed by atoms with Gasteiger partial charge in [-0.2, -0.15) is 0 Å². The molecular formula is C11H24N2. The molecule has 2 nitrogen and oxygen atoms in total. The third-order valence-corrected chi connectivity index (χ3v) is 3.00. The molecule has 3 atom stereocenters. The van der Waals surface area contributed by atoms with Crippen LogP contribution in [0.15, 0.2) is 0 Å². The number of rotatable bonds is 4. The number of nitrogens with one attached hydrogen (secondary N) is 1. The van der Waals surface area contributed by atoms with Crippen LogP contribution in [0.1, 0.15) is 33.1 Å². The number of likely N-dealkylation sites (N-methyl/N-ethyl adjacent to an activating group) is 1. The van der Waals surface area contributed by atoms with Gasteiger partial charge in [-0.15, -0.1) is 0 Å². The minimum absolute atomic E-state index is 0.626. The van der Waals surface area contributed by atoms with Crippen LogP contribution in [0.3, 0.4) is 0 Å². The average molecular weight is 184 g/mol.